The minimum Gasteiger partial charge on any atom is -1.00 e. The fourth-order valence-electron chi connectivity index (χ4n) is 2.46. The molecule has 0 heterocycles. The zero-order valence-corrected chi connectivity index (χ0v) is 20.2. The van der Waals surface area contributed by atoms with Crippen LogP contribution in [0, 0.1) is 12.2 Å². The quantitative estimate of drug-likeness (QED) is 0.540. The van der Waals surface area contributed by atoms with Gasteiger partial charge >= 0.3 is 41.3 Å². The fraction of sp³-hybridized carbons (Fsp3) is 0.160. The van der Waals surface area contributed by atoms with Crippen molar-refractivity contribution in [3.8, 4) is 0 Å². The van der Waals surface area contributed by atoms with Crippen molar-refractivity contribution in [2.45, 2.75) is 26.7 Å². The Morgan fingerprint density at radius 1 is 0.679 bits per heavy atom. The average molecular weight is 487 g/mol. The van der Waals surface area contributed by atoms with Gasteiger partial charge in [-0.2, -0.15) is 23.3 Å². The number of rotatable bonds is 2. The zero-order chi connectivity index (χ0) is 18.6. The molecule has 0 radical (unpaired) electrons. The zero-order valence-electron chi connectivity index (χ0n) is 16.3. The fourth-order valence-corrected chi connectivity index (χ4v) is 2.46. The van der Waals surface area contributed by atoms with Crippen molar-refractivity contribution in [3.63, 3.8) is 0 Å². The third-order valence-electron chi connectivity index (χ3n) is 3.61. The van der Waals surface area contributed by atoms with Gasteiger partial charge in [-0.05, 0) is 0 Å². The summed E-state index contributed by atoms with van der Waals surface area (Å²) < 4.78 is 1.51. The number of hydrogen-bond donors (Lipinski definition) is 0. The van der Waals surface area contributed by atoms with Crippen LogP contribution in [0.25, 0.3) is 11.1 Å². The SMILES string of the molecule is C[C](C)=[Zr+2].[C-]1=CC(c2ccccc2)=CC1.[C-]1=CC(c2ccccc2)=CC1.[Cl-].[Cl-]. The van der Waals surface area contributed by atoms with E-state index in [4.69, 9.17) is 0 Å². The van der Waals surface area contributed by atoms with E-state index >= 15 is 0 Å². The average Bonchev–Trinajstić information content (AvgIpc) is 3.37. The van der Waals surface area contributed by atoms with Crippen molar-refractivity contribution < 1.29 is 49.0 Å². The Labute approximate surface area is 197 Å². The van der Waals surface area contributed by atoms with Gasteiger partial charge < -0.3 is 24.8 Å². The molecule has 0 aromatic heterocycles. The van der Waals surface area contributed by atoms with Gasteiger partial charge in [0.15, 0.2) is 0 Å². The molecule has 144 valence electrons. The van der Waals surface area contributed by atoms with Gasteiger partial charge in [0.05, 0.1) is 0 Å². The van der Waals surface area contributed by atoms with Crippen molar-refractivity contribution >= 4 is 14.4 Å². The van der Waals surface area contributed by atoms with Crippen molar-refractivity contribution in [2.24, 2.45) is 0 Å². The van der Waals surface area contributed by atoms with Crippen LogP contribution in [-0.4, -0.2) is 3.21 Å². The van der Waals surface area contributed by atoms with E-state index < -0.39 is 0 Å². The van der Waals surface area contributed by atoms with Gasteiger partial charge in [-0.15, -0.1) is 24.0 Å². The molecule has 0 fully saturated rings. The number of halogens is 2. The van der Waals surface area contributed by atoms with Crippen LogP contribution < -0.4 is 24.8 Å². The van der Waals surface area contributed by atoms with Crippen LogP contribution in [0.5, 0.6) is 0 Å². The molecule has 0 aliphatic heterocycles. The number of allylic oxidation sites excluding steroid dienone is 8. The van der Waals surface area contributed by atoms with Crippen LogP contribution in [-0.2, 0) is 24.2 Å². The van der Waals surface area contributed by atoms with Gasteiger partial charge in [0.1, 0.15) is 0 Å². The molecule has 0 nitrogen and oxygen atoms in total. The second-order valence-electron chi connectivity index (χ2n) is 6.16. The molecule has 3 heteroatoms. The molecule has 0 unspecified atom stereocenters. The molecule has 2 aliphatic carbocycles. The summed E-state index contributed by atoms with van der Waals surface area (Å²) in [4.78, 5) is 0. The molecule has 0 saturated carbocycles. The molecule has 0 spiro atoms. The third kappa shape index (κ3) is 10.3. The topological polar surface area (TPSA) is 0 Å². The second kappa shape index (κ2) is 15.6. The molecular weight excluding hydrogens is 462 g/mol. The van der Waals surface area contributed by atoms with Gasteiger partial charge in [0.25, 0.3) is 0 Å². The first kappa shape index (κ1) is 26.7. The van der Waals surface area contributed by atoms with Crippen LogP contribution in [0.4, 0.5) is 0 Å². The predicted octanol–water partition coefficient (Wildman–Crippen LogP) is 0.420. The maximum absolute atomic E-state index is 3.15. The van der Waals surface area contributed by atoms with Crippen molar-refractivity contribution in [1.82, 2.24) is 0 Å². The van der Waals surface area contributed by atoms with Crippen LogP contribution in [0.15, 0.2) is 85.0 Å². The maximum atomic E-state index is 3.15. The molecule has 0 N–H and O–H groups in total. The van der Waals surface area contributed by atoms with Gasteiger partial charge in [-0.3, -0.25) is 12.2 Å². The third-order valence-corrected chi connectivity index (χ3v) is 3.61. The Bertz CT molecular complexity index is 747. The normalized spacial score (nSPS) is 12.9. The molecule has 0 saturated heterocycles. The summed E-state index contributed by atoms with van der Waals surface area (Å²) in [6.07, 6.45) is 16.7. The molecule has 0 atom stereocenters. The monoisotopic (exact) mass is 484 g/mol. The molecule has 2 aromatic rings. The van der Waals surface area contributed by atoms with Gasteiger partial charge in [0, 0.05) is 0 Å². The number of benzene rings is 2. The van der Waals surface area contributed by atoms with E-state index in [2.05, 4.69) is 98.8 Å². The molecule has 2 aromatic carbocycles. The molecule has 2 aliphatic rings. The first-order valence-corrected chi connectivity index (χ1v) is 10.1. The Morgan fingerprint density at radius 3 is 1.25 bits per heavy atom. The first-order valence-electron chi connectivity index (χ1n) is 8.83. The molecule has 28 heavy (non-hydrogen) atoms. The molecule has 0 bridgehead atoms. The van der Waals surface area contributed by atoms with Crippen molar-refractivity contribution in [2.75, 3.05) is 0 Å². The van der Waals surface area contributed by atoms with E-state index in [-0.39, 0.29) is 24.8 Å². The summed E-state index contributed by atoms with van der Waals surface area (Å²) in [6.45, 7) is 4.25. The van der Waals surface area contributed by atoms with E-state index in [0.29, 0.717) is 0 Å². The van der Waals surface area contributed by atoms with E-state index in [1.54, 1.807) is 24.2 Å². The van der Waals surface area contributed by atoms with Gasteiger partial charge in [0.2, 0.25) is 0 Å². The molecule has 0 amide bonds. The predicted molar refractivity (Wildman–Crippen MR) is 110 cm³/mol. The maximum Gasteiger partial charge on any atom is -0.0623 e. The summed E-state index contributed by atoms with van der Waals surface area (Å²) in [5.41, 5.74) is 5.17. The van der Waals surface area contributed by atoms with Crippen molar-refractivity contribution in [1.29, 1.82) is 0 Å². The summed E-state index contributed by atoms with van der Waals surface area (Å²) in [7, 11) is 0. The van der Waals surface area contributed by atoms with Crippen LogP contribution in [0.2, 0.25) is 0 Å². The Kier molecular flexibility index (Phi) is 14.9. The van der Waals surface area contributed by atoms with E-state index in [1.165, 1.54) is 25.5 Å². The van der Waals surface area contributed by atoms with Gasteiger partial charge in [-0.1, -0.05) is 60.7 Å². The summed E-state index contributed by atoms with van der Waals surface area (Å²) in [5, 5.41) is 0. The summed E-state index contributed by atoms with van der Waals surface area (Å²) in [6, 6.07) is 20.8. The van der Waals surface area contributed by atoms with E-state index in [9.17, 15) is 0 Å². The standard InChI is InChI=1S/2C11H9.C3H6.2ClH.Zr/c2*1-2-6-10(7-3-1)11-8-4-5-9-11;1-3-2;;;/h2*1-3,6-9H,4H2;1-2H3;2*1H;/q2*-1;;;;+2/p-2. The summed E-state index contributed by atoms with van der Waals surface area (Å²) >= 11 is 1.55. The molecular formula is C25H24Cl2Zr-2. The van der Waals surface area contributed by atoms with Crippen LogP contribution in [0.1, 0.15) is 37.8 Å². The number of hydrogen-bond acceptors (Lipinski definition) is 0. The molecule has 4 rings (SSSR count). The minimum atomic E-state index is 0. The minimum absolute atomic E-state index is 0. The Morgan fingerprint density at radius 2 is 1.00 bits per heavy atom. The Balaban J connectivity index is 0.000000415. The van der Waals surface area contributed by atoms with Crippen LogP contribution in [0.3, 0.4) is 0 Å². The Hall–Kier alpha value is -1.27. The summed E-state index contributed by atoms with van der Waals surface area (Å²) in [5.74, 6) is 0. The van der Waals surface area contributed by atoms with Crippen molar-refractivity contribution in [3.05, 3.63) is 108 Å². The van der Waals surface area contributed by atoms with Gasteiger partial charge in [-0.25, -0.2) is 12.2 Å². The first-order chi connectivity index (χ1) is 12.7. The van der Waals surface area contributed by atoms with E-state index in [0.717, 1.165) is 12.8 Å². The van der Waals surface area contributed by atoms with Crippen LogP contribution >= 0.6 is 0 Å². The largest absolute Gasteiger partial charge is 1.00 e. The smallest absolute Gasteiger partial charge is 0.0623 e. The second-order valence-corrected chi connectivity index (χ2v) is 8.61. The van der Waals surface area contributed by atoms with E-state index in [1.807, 2.05) is 12.1 Å².